The van der Waals surface area contributed by atoms with Crippen molar-refractivity contribution in [1.82, 2.24) is 24.4 Å². The van der Waals surface area contributed by atoms with Gasteiger partial charge in [-0.1, -0.05) is 12.1 Å². The molecule has 0 radical (unpaired) electrons. The highest BCUT2D eigenvalue weighted by Crippen LogP contribution is 2.15. The average Bonchev–Trinajstić information content (AvgIpc) is 3.29. The van der Waals surface area contributed by atoms with Crippen molar-refractivity contribution < 1.29 is 9.18 Å². The number of hydrogen-bond acceptors (Lipinski definition) is 4. The number of rotatable bonds is 7. The Morgan fingerprint density at radius 1 is 1.03 bits per heavy atom. The number of benzene rings is 2. The summed E-state index contributed by atoms with van der Waals surface area (Å²) in [7, 11) is 0. The fourth-order valence-corrected chi connectivity index (χ4v) is 3.12. The molecule has 7 nitrogen and oxygen atoms in total. The molecule has 0 aliphatic rings. The predicted octanol–water partition coefficient (Wildman–Crippen LogP) is 2.72. The van der Waals surface area contributed by atoms with E-state index in [0.717, 1.165) is 5.56 Å². The van der Waals surface area contributed by atoms with E-state index in [4.69, 9.17) is 0 Å². The normalized spacial score (nSPS) is 10.7. The number of nitrogens with zero attached hydrogens (tertiary/aromatic N) is 4. The zero-order valence-corrected chi connectivity index (χ0v) is 16.6. The fourth-order valence-electron chi connectivity index (χ4n) is 3.12. The number of hydrogen-bond donors (Lipinski definition) is 1. The minimum atomic E-state index is -0.347. The third-order valence-corrected chi connectivity index (χ3v) is 4.80. The highest BCUT2D eigenvalue weighted by Gasteiger charge is 2.07. The molecule has 8 heteroatoms. The Kier molecular flexibility index (Phi) is 5.98. The lowest BCUT2D eigenvalue weighted by molar-refractivity contribution is 0.0952. The minimum absolute atomic E-state index is 0.210. The van der Waals surface area contributed by atoms with Crippen molar-refractivity contribution in [1.29, 1.82) is 0 Å². The maximum atomic E-state index is 13.0. The second-order valence-corrected chi connectivity index (χ2v) is 7.00. The highest BCUT2D eigenvalue weighted by molar-refractivity contribution is 5.94. The molecular weight excluding hydrogens is 397 g/mol. The molecule has 2 aromatic heterocycles. The fraction of sp³-hybridized carbons (Fsp3) is 0.130. The molecule has 4 rings (SSSR count). The van der Waals surface area contributed by atoms with Crippen molar-refractivity contribution in [2.75, 3.05) is 6.54 Å². The van der Waals surface area contributed by atoms with E-state index in [1.807, 2.05) is 22.9 Å². The summed E-state index contributed by atoms with van der Waals surface area (Å²) in [6, 6.07) is 14.5. The maximum absolute atomic E-state index is 13.0. The molecule has 156 valence electrons. The van der Waals surface area contributed by atoms with E-state index in [0.29, 0.717) is 29.9 Å². The molecule has 0 aliphatic carbocycles. The smallest absolute Gasteiger partial charge is 0.253 e. The van der Waals surface area contributed by atoms with Gasteiger partial charge in [-0.3, -0.25) is 14.2 Å². The Balaban J connectivity index is 1.32. The van der Waals surface area contributed by atoms with Gasteiger partial charge in [-0.05, 0) is 42.0 Å². The van der Waals surface area contributed by atoms with Gasteiger partial charge >= 0.3 is 0 Å². The van der Waals surface area contributed by atoms with Gasteiger partial charge in [-0.25, -0.2) is 14.4 Å². The van der Waals surface area contributed by atoms with E-state index >= 15 is 0 Å². The first-order valence-corrected chi connectivity index (χ1v) is 9.74. The van der Waals surface area contributed by atoms with E-state index < -0.39 is 0 Å². The Bertz CT molecular complexity index is 1220. The molecule has 31 heavy (non-hydrogen) atoms. The zero-order valence-electron chi connectivity index (χ0n) is 16.6. The van der Waals surface area contributed by atoms with Gasteiger partial charge in [0.25, 0.3) is 11.5 Å². The maximum Gasteiger partial charge on any atom is 0.253 e. The quantitative estimate of drug-likeness (QED) is 0.501. The summed E-state index contributed by atoms with van der Waals surface area (Å²) in [6.07, 6.45) is 6.77. The van der Waals surface area contributed by atoms with E-state index in [1.54, 1.807) is 36.8 Å². The van der Waals surface area contributed by atoms with Crippen LogP contribution in [0.2, 0.25) is 0 Å². The number of amides is 1. The number of aromatic nitrogens is 4. The third kappa shape index (κ3) is 5.11. The van der Waals surface area contributed by atoms with E-state index in [2.05, 4.69) is 15.3 Å². The van der Waals surface area contributed by atoms with Crippen molar-refractivity contribution in [2.24, 2.45) is 0 Å². The summed E-state index contributed by atoms with van der Waals surface area (Å²) in [5, 5.41) is 2.81. The third-order valence-electron chi connectivity index (χ3n) is 4.80. The minimum Gasteiger partial charge on any atom is -0.350 e. The molecule has 1 N–H and O–H groups in total. The van der Waals surface area contributed by atoms with Crippen molar-refractivity contribution in [2.45, 2.75) is 13.1 Å². The lowest BCUT2D eigenvalue weighted by Gasteiger charge is -2.09. The number of halogens is 1. The highest BCUT2D eigenvalue weighted by atomic mass is 19.1. The van der Waals surface area contributed by atoms with E-state index in [9.17, 15) is 14.0 Å². The molecule has 0 aliphatic heterocycles. The van der Waals surface area contributed by atoms with Crippen LogP contribution < -0.4 is 10.9 Å². The number of carbonyl (C=O) groups is 1. The van der Waals surface area contributed by atoms with E-state index in [-0.39, 0.29) is 23.8 Å². The second-order valence-electron chi connectivity index (χ2n) is 7.00. The molecule has 4 aromatic rings. The lowest BCUT2D eigenvalue weighted by atomic mass is 10.1. The summed E-state index contributed by atoms with van der Waals surface area (Å²) in [4.78, 5) is 32.9. The van der Waals surface area contributed by atoms with Crippen LogP contribution in [0.1, 0.15) is 15.9 Å². The van der Waals surface area contributed by atoms with Gasteiger partial charge in [0, 0.05) is 49.2 Å². The van der Waals surface area contributed by atoms with Crippen LogP contribution in [0, 0.1) is 5.82 Å². The summed E-state index contributed by atoms with van der Waals surface area (Å²) >= 11 is 0. The Hall–Kier alpha value is -4.07. The Morgan fingerprint density at radius 3 is 2.48 bits per heavy atom. The summed E-state index contributed by atoms with van der Waals surface area (Å²) in [6.45, 7) is 1.26. The molecule has 0 spiro atoms. The summed E-state index contributed by atoms with van der Waals surface area (Å²) in [5.41, 5.74) is 2.50. The molecule has 0 fully saturated rings. The van der Waals surface area contributed by atoms with Crippen LogP contribution in [0.3, 0.4) is 0 Å². The largest absolute Gasteiger partial charge is 0.350 e. The van der Waals surface area contributed by atoms with Crippen LogP contribution in [0.25, 0.3) is 11.3 Å². The van der Waals surface area contributed by atoms with Gasteiger partial charge in [-0.15, -0.1) is 0 Å². The average molecular weight is 417 g/mol. The van der Waals surface area contributed by atoms with Gasteiger partial charge in [-0.2, -0.15) is 0 Å². The van der Waals surface area contributed by atoms with Crippen LogP contribution >= 0.6 is 0 Å². The van der Waals surface area contributed by atoms with Crippen LogP contribution in [0.4, 0.5) is 4.39 Å². The molecule has 0 saturated carbocycles. The molecule has 0 bridgehead atoms. The monoisotopic (exact) mass is 417 g/mol. The molecule has 2 aromatic carbocycles. The van der Waals surface area contributed by atoms with Gasteiger partial charge in [0.15, 0.2) is 0 Å². The standard InChI is InChI=1S/C23H20FN5O2/c24-20-7-5-18(6-8-20)21-13-22(30)29(16-27-21)12-10-26-23(31)19-3-1-17(2-4-19)14-28-11-9-25-15-28/h1-9,11,13,15-16H,10,12,14H2,(H,26,31). The predicted molar refractivity (Wildman–Crippen MR) is 114 cm³/mol. The molecule has 0 unspecified atom stereocenters. The molecule has 0 atom stereocenters. The van der Waals surface area contributed by atoms with Crippen molar-refractivity contribution in [3.05, 3.63) is 107 Å². The van der Waals surface area contributed by atoms with Crippen molar-refractivity contribution >= 4 is 5.91 Å². The molecule has 1 amide bonds. The summed E-state index contributed by atoms with van der Waals surface area (Å²) < 4.78 is 16.4. The second kappa shape index (κ2) is 9.17. The first-order chi connectivity index (χ1) is 15.1. The summed E-state index contributed by atoms with van der Waals surface area (Å²) in [5.74, 6) is -0.557. The number of nitrogens with one attached hydrogen (secondary N) is 1. The SMILES string of the molecule is O=C(NCCn1cnc(-c2ccc(F)cc2)cc1=O)c1ccc(Cn2ccnc2)cc1. The van der Waals surface area contributed by atoms with Crippen molar-refractivity contribution in [3.63, 3.8) is 0 Å². The van der Waals surface area contributed by atoms with Crippen LogP contribution in [-0.2, 0) is 13.1 Å². The van der Waals surface area contributed by atoms with Crippen LogP contribution in [-0.4, -0.2) is 31.6 Å². The molecule has 2 heterocycles. The van der Waals surface area contributed by atoms with Crippen LogP contribution in [0.15, 0.2) is 84.4 Å². The topological polar surface area (TPSA) is 81.8 Å². The van der Waals surface area contributed by atoms with Crippen molar-refractivity contribution in [3.8, 4) is 11.3 Å². The number of carbonyl (C=O) groups excluding carboxylic acids is 1. The zero-order chi connectivity index (χ0) is 21.6. The Morgan fingerprint density at radius 2 is 1.81 bits per heavy atom. The number of imidazole rings is 1. The van der Waals surface area contributed by atoms with Gasteiger partial charge in [0.2, 0.25) is 0 Å². The van der Waals surface area contributed by atoms with Crippen LogP contribution in [0.5, 0.6) is 0 Å². The van der Waals surface area contributed by atoms with Gasteiger partial charge < -0.3 is 9.88 Å². The first kappa shape index (κ1) is 20.2. The van der Waals surface area contributed by atoms with E-state index in [1.165, 1.54) is 29.1 Å². The molecular formula is C23H20FN5O2. The first-order valence-electron chi connectivity index (χ1n) is 9.74. The Labute approximate surface area is 177 Å². The molecule has 0 saturated heterocycles. The van der Waals surface area contributed by atoms with Gasteiger partial charge in [0.1, 0.15) is 5.82 Å². The lowest BCUT2D eigenvalue weighted by Crippen LogP contribution is -2.30. The van der Waals surface area contributed by atoms with Gasteiger partial charge in [0.05, 0.1) is 18.3 Å².